The molecule has 1 unspecified atom stereocenters. The van der Waals surface area contributed by atoms with E-state index >= 15 is 0 Å². The fraction of sp³-hybridized carbons (Fsp3) is 0.318. The van der Waals surface area contributed by atoms with Crippen LogP contribution < -0.4 is 5.32 Å². The minimum absolute atomic E-state index is 0.00948. The number of morpholine rings is 1. The smallest absolute Gasteiger partial charge is 0.266 e. The van der Waals surface area contributed by atoms with E-state index in [4.69, 9.17) is 9.72 Å². The van der Waals surface area contributed by atoms with Gasteiger partial charge in [0.05, 0.1) is 24.5 Å². The number of nitrogens with zero attached hydrogens (tertiary/aromatic N) is 3. The summed E-state index contributed by atoms with van der Waals surface area (Å²) in [6.45, 7) is 3.44. The summed E-state index contributed by atoms with van der Waals surface area (Å²) < 4.78 is 5.96. The van der Waals surface area contributed by atoms with Crippen LogP contribution in [-0.4, -0.2) is 47.5 Å². The fourth-order valence-corrected chi connectivity index (χ4v) is 4.33. The maximum absolute atomic E-state index is 13.0. The van der Waals surface area contributed by atoms with Gasteiger partial charge in [0.15, 0.2) is 5.13 Å². The van der Waals surface area contributed by atoms with Gasteiger partial charge in [0.2, 0.25) is 0 Å². The van der Waals surface area contributed by atoms with Crippen molar-refractivity contribution < 1.29 is 9.53 Å². The predicted molar refractivity (Wildman–Crippen MR) is 114 cm³/mol. The van der Waals surface area contributed by atoms with Crippen LogP contribution in [0.1, 0.15) is 38.4 Å². The van der Waals surface area contributed by atoms with Gasteiger partial charge in [0.25, 0.3) is 5.91 Å². The Labute approximate surface area is 174 Å². The molecule has 2 aromatic heterocycles. The molecule has 29 heavy (non-hydrogen) atoms. The lowest BCUT2D eigenvalue weighted by Crippen LogP contribution is -2.42. The normalized spacial score (nSPS) is 16.6. The molecule has 7 heteroatoms. The second kappa shape index (κ2) is 8.71. The maximum Gasteiger partial charge on any atom is 0.266 e. The summed E-state index contributed by atoms with van der Waals surface area (Å²) in [4.78, 5) is 24.8. The van der Waals surface area contributed by atoms with E-state index in [1.54, 1.807) is 0 Å². The van der Waals surface area contributed by atoms with Gasteiger partial charge in [0.1, 0.15) is 11.0 Å². The molecule has 150 valence electrons. The first-order chi connectivity index (χ1) is 14.1. The van der Waals surface area contributed by atoms with E-state index in [1.165, 1.54) is 16.9 Å². The molecule has 0 bridgehead atoms. The van der Waals surface area contributed by atoms with Crippen molar-refractivity contribution in [2.24, 2.45) is 0 Å². The first kappa shape index (κ1) is 19.5. The molecule has 1 amide bonds. The van der Waals surface area contributed by atoms with Crippen molar-refractivity contribution in [2.45, 2.75) is 19.4 Å². The number of hydrogen-bond donors (Lipinski definition) is 1. The molecular weight excluding hydrogens is 384 g/mol. The number of carbonyl (C=O) groups is 1. The first-order valence-corrected chi connectivity index (χ1v) is 10.5. The number of anilines is 1. The molecule has 1 N–H and O–H groups in total. The predicted octanol–water partition coefficient (Wildman–Crippen LogP) is 3.69. The number of aryl methyl sites for hydroxylation is 1. The number of benzene rings is 1. The van der Waals surface area contributed by atoms with E-state index in [-0.39, 0.29) is 12.0 Å². The molecule has 3 heterocycles. The molecule has 4 rings (SSSR count). The third-order valence-corrected chi connectivity index (χ3v) is 6.11. The Bertz CT molecular complexity index is 989. The first-order valence-electron chi connectivity index (χ1n) is 9.70. The van der Waals surface area contributed by atoms with Crippen molar-refractivity contribution in [3.8, 4) is 0 Å². The molecule has 0 spiro atoms. The van der Waals surface area contributed by atoms with Crippen LogP contribution in [0.25, 0.3) is 0 Å². The van der Waals surface area contributed by atoms with Crippen LogP contribution in [0, 0.1) is 6.92 Å². The van der Waals surface area contributed by atoms with Crippen molar-refractivity contribution in [1.82, 2.24) is 14.9 Å². The molecule has 1 aromatic carbocycles. The van der Waals surface area contributed by atoms with E-state index in [0.717, 1.165) is 28.6 Å². The number of carbonyl (C=O) groups excluding carboxylic acids is 1. The van der Waals surface area contributed by atoms with Crippen LogP contribution in [-0.2, 0) is 11.2 Å². The Hall–Kier alpha value is -2.77. The van der Waals surface area contributed by atoms with Gasteiger partial charge in [0, 0.05) is 25.7 Å². The largest absolute Gasteiger partial charge is 0.368 e. The van der Waals surface area contributed by atoms with Crippen molar-refractivity contribution >= 4 is 22.4 Å². The summed E-state index contributed by atoms with van der Waals surface area (Å²) in [5.74, 6) is 0.00948. The molecule has 1 saturated heterocycles. The van der Waals surface area contributed by atoms with E-state index in [1.807, 2.05) is 55.3 Å². The molecule has 0 saturated carbocycles. The zero-order valence-electron chi connectivity index (χ0n) is 16.6. The number of pyridine rings is 1. The van der Waals surface area contributed by atoms with Gasteiger partial charge in [-0.3, -0.25) is 9.78 Å². The van der Waals surface area contributed by atoms with Gasteiger partial charge in [-0.15, -0.1) is 0 Å². The van der Waals surface area contributed by atoms with Gasteiger partial charge in [-0.05, 0) is 24.6 Å². The molecule has 1 aliphatic heterocycles. The molecular formula is C22H24N4O2S. The lowest BCUT2D eigenvalue weighted by atomic mass is 10.1. The lowest BCUT2D eigenvalue weighted by Gasteiger charge is -2.32. The SMILES string of the molecule is CNc1nc(C)c(C(=O)N2CCOC(c3cccc(Cc4ccccc4)n3)C2)s1. The van der Waals surface area contributed by atoms with Crippen molar-refractivity contribution in [1.29, 1.82) is 0 Å². The van der Waals surface area contributed by atoms with Crippen LogP contribution in [0.15, 0.2) is 48.5 Å². The minimum Gasteiger partial charge on any atom is -0.368 e. The number of hydrogen-bond acceptors (Lipinski definition) is 6. The van der Waals surface area contributed by atoms with Crippen LogP contribution >= 0.6 is 11.3 Å². The van der Waals surface area contributed by atoms with E-state index < -0.39 is 0 Å². The summed E-state index contributed by atoms with van der Waals surface area (Å²) in [6, 6.07) is 16.3. The van der Waals surface area contributed by atoms with Crippen molar-refractivity contribution in [3.05, 3.63) is 76.1 Å². The lowest BCUT2D eigenvalue weighted by molar-refractivity contribution is -0.0246. The van der Waals surface area contributed by atoms with Gasteiger partial charge < -0.3 is 15.0 Å². The van der Waals surface area contributed by atoms with Crippen LogP contribution in [0.5, 0.6) is 0 Å². The third kappa shape index (κ3) is 4.46. The summed E-state index contributed by atoms with van der Waals surface area (Å²) in [6.07, 6.45) is 0.553. The van der Waals surface area contributed by atoms with E-state index in [2.05, 4.69) is 22.4 Å². The zero-order valence-corrected chi connectivity index (χ0v) is 17.4. The summed E-state index contributed by atoms with van der Waals surface area (Å²) in [7, 11) is 1.81. The zero-order chi connectivity index (χ0) is 20.2. The van der Waals surface area contributed by atoms with Gasteiger partial charge in [-0.25, -0.2) is 4.98 Å². The monoisotopic (exact) mass is 408 g/mol. The Kier molecular flexibility index (Phi) is 5.87. The number of amides is 1. The van der Waals surface area contributed by atoms with Gasteiger partial charge in [-0.2, -0.15) is 0 Å². The van der Waals surface area contributed by atoms with Crippen LogP contribution in [0.4, 0.5) is 5.13 Å². The Morgan fingerprint density at radius 2 is 2.03 bits per heavy atom. The molecule has 0 radical (unpaired) electrons. The number of thiazole rings is 1. The fourth-order valence-electron chi connectivity index (χ4n) is 3.44. The van der Waals surface area contributed by atoms with Crippen molar-refractivity contribution in [2.75, 3.05) is 32.1 Å². The number of rotatable bonds is 5. The van der Waals surface area contributed by atoms with E-state index in [0.29, 0.717) is 24.6 Å². The second-order valence-electron chi connectivity index (χ2n) is 7.01. The van der Waals surface area contributed by atoms with Crippen LogP contribution in [0.2, 0.25) is 0 Å². The summed E-state index contributed by atoms with van der Waals surface area (Å²) in [5.41, 5.74) is 3.85. The van der Waals surface area contributed by atoms with Gasteiger partial charge >= 0.3 is 0 Å². The Morgan fingerprint density at radius 1 is 1.21 bits per heavy atom. The highest BCUT2D eigenvalue weighted by Gasteiger charge is 2.29. The third-order valence-electron chi connectivity index (χ3n) is 4.94. The maximum atomic E-state index is 13.0. The second-order valence-corrected chi connectivity index (χ2v) is 8.01. The highest BCUT2D eigenvalue weighted by atomic mass is 32.1. The quantitative estimate of drug-likeness (QED) is 0.697. The Balaban J connectivity index is 1.49. The molecule has 1 fully saturated rings. The number of ether oxygens (including phenoxy) is 1. The van der Waals surface area contributed by atoms with E-state index in [9.17, 15) is 4.79 Å². The summed E-state index contributed by atoms with van der Waals surface area (Å²) in [5, 5.41) is 3.76. The molecule has 0 aliphatic carbocycles. The van der Waals surface area contributed by atoms with Crippen LogP contribution in [0.3, 0.4) is 0 Å². The average Bonchev–Trinajstić information content (AvgIpc) is 3.15. The Morgan fingerprint density at radius 3 is 2.79 bits per heavy atom. The summed E-state index contributed by atoms with van der Waals surface area (Å²) >= 11 is 1.39. The minimum atomic E-state index is -0.222. The average molecular weight is 409 g/mol. The van der Waals surface area contributed by atoms with Gasteiger partial charge in [-0.1, -0.05) is 47.7 Å². The molecule has 1 atom stereocenters. The topological polar surface area (TPSA) is 67.4 Å². The highest BCUT2D eigenvalue weighted by molar-refractivity contribution is 7.17. The number of aromatic nitrogens is 2. The highest BCUT2D eigenvalue weighted by Crippen LogP contribution is 2.27. The molecule has 1 aliphatic rings. The molecule has 3 aromatic rings. The standard InChI is InChI=1S/C22H24N4O2S/c1-15-20(29-22(23-2)24-15)21(27)26-11-12-28-19(14-26)18-10-6-9-17(25-18)13-16-7-4-3-5-8-16/h3-10,19H,11-14H2,1-2H3,(H,23,24). The number of nitrogens with one attached hydrogen (secondary N) is 1. The molecule has 6 nitrogen and oxygen atoms in total. The van der Waals surface area contributed by atoms with Crippen molar-refractivity contribution in [3.63, 3.8) is 0 Å².